The first-order chi connectivity index (χ1) is 8.48. The van der Waals surface area contributed by atoms with E-state index in [0.29, 0.717) is 19.3 Å². The molecule has 0 spiro atoms. The Kier molecular flexibility index (Phi) is 9.54. The van der Waals surface area contributed by atoms with Gasteiger partial charge in [0.15, 0.2) is 0 Å². The second-order valence-electron chi connectivity index (χ2n) is 6.38. The molecular formula is C15H30O4. The molecule has 0 aromatic heterocycles. The fourth-order valence-corrected chi connectivity index (χ4v) is 1.32. The van der Waals surface area contributed by atoms with E-state index in [-0.39, 0.29) is 5.41 Å². The van der Waals surface area contributed by atoms with Gasteiger partial charge in [0, 0.05) is 6.42 Å². The van der Waals surface area contributed by atoms with Crippen LogP contribution in [-0.4, -0.2) is 22.2 Å². The third-order valence-corrected chi connectivity index (χ3v) is 3.39. The first-order valence-electron chi connectivity index (χ1n) is 6.93. The van der Waals surface area contributed by atoms with Crippen LogP contribution in [0.15, 0.2) is 0 Å². The highest BCUT2D eigenvalue weighted by atomic mass is 16.4. The van der Waals surface area contributed by atoms with Gasteiger partial charge in [0.2, 0.25) is 0 Å². The molecule has 0 aliphatic heterocycles. The van der Waals surface area contributed by atoms with Crippen LogP contribution in [0.25, 0.3) is 0 Å². The van der Waals surface area contributed by atoms with Gasteiger partial charge in [-0.05, 0) is 38.0 Å². The summed E-state index contributed by atoms with van der Waals surface area (Å²) in [5, 5.41) is 16.9. The highest BCUT2D eigenvalue weighted by Crippen LogP contribution is 2.24. The van der Waals surface area contributed by atoms with E-state index in [4.69, 9.17) is 10.2 Å². The maximum atomic E-state index is 10.5. The lowest BCUT2D eigenvalue weighted by Crippen LogP contribution is -2.25. The van der Waals surface area contributed by atoms with E-state index in [2.05, 4.69) is 20.8 Å². The van der Waals surface area contributed by atoms with Crippen molar-refractivity contribution in [2.75, 3.05) is 0 Å². The van der Waals surface area contributed by atoms with Crippen molar-refractivity contribution in [3.05, 3.63) is 0 Å². The van der Waals surface area contributed by atoms with Crippen LogP contribution in [-0.2, 0) is 9.59 Å². The predicted molar refractivity (Wildman–Crippen MR) is 77.3 cm³/mol. The quantitative estimate of drug-likeness (QED) is 0.761. The van der Waals surface area contributed by atoms with Crippen LogP contribution < -0.4 is 0 Å². The Morgan fingerprint density at radius 3 is 1.53 bits per heavy atom. The Morgan fingerprint density at radius 1 is 0.947 bits per heavy atom. The molecule has 0 heterocycles. The zero-order valence-corrected chi connectivity index (χ0v) is 13.2. The summed E-state index contributed by atoms with van der Waals surface area (Å²) in [6.45, 7) is 11.9. The third-order valence-electron chi connectivity index (χ3n) is 3.39. The number of hydrogen-bond acceptors (Lipinski definition) is 2. The number of hydrogen-bond donors (Lipinski definition) is 2. The molecule has 0 radical (unpaired) electrons. The van der Waals surface area contributed by atoms with E-state index < -0.39 is 17.4 Å². The van der Waals surface area contributed by atoms with Gasteiger partial charge < -0.3 is 10.2 Å². The summed E-state index contributed by atoms with van der Waals surface area (Å²) in [7, 11) is 0. The largest absolute Gasteiger partial charge is 0.481 e. The molecule has 4 nitrogen and oxygen atoms in total. The normalized spacial score (nSPS) is 11.5. The van der Waals surface area contributed by atoms with Gasteiger partial charge in [-0.1, -0.05) is 34.6 Å². The molecule has 0 unspecified atom stereocenters. The van der Waals surface area contributed by atoms with Crippen molar-refractivity contribution in [2.45, 2.75) is 73.6 Å². The second-order valence-corrected chi connectivity index (χ2v) is 6.38. The minimum absolute atomic E-state index is 0.273. The van der Waals surface area contributed by atoms with Crippen molar-refractivity contribution in [3.8, 4) is 0 Å². The molecule has 2 N–H and O–H groups in total. The maximum Gasteiger partial charge on any atom is 0.309 e. The van der Waals surface area contributed by atoms with Gasteiger partial charge in [-0.15, -0.1) is 0 Å². The maximum absolute atomic E-state index is 10.5. The molecule has 0 aliphatic carbocycles. The number of carbonyl (C=O) groups is 2. The summed E-state index contributed by atoms with van der Waals surface area (Å²) < 4.78 is 0. The van der Waals surface area contributed by atoms with Gasteiger partial charge in [0.1, 0.15) is 0 Å². The summed E-state index contributed by atoms with van der Waals surface area (Å²) in [6.07, 6.45) is 3.49. The highest BCUT2D eigenvalue weighted by molar-refractivity contribution is 5.73. The fourth-order valence-electron chi connectivity index (χ4n) is 1.32. The molecule has 0 bridgehead atoms. The van der Waals surface area contributed by atoms with Crippen LogP contribution in [0.1, 0.15) is 73.6 Å². The van der Waals surface area contributed by atoms with Gasteiger partial charge in [0.05, 0.1) is 5.41 Å². The van der Waals surface area contributed by atoms with Crippen LogP contribution in [0, 0.1) is 10.8 Å². The van der Waals surface area contributed by atoms with Crippen molar-refractivity contribution in [1.29, 1.82) is 0 Å². The van der Waals surface area contributed by atoms with Gasteiger partial charge in [0.25, 0.3) is 0 Å². The average molecular weight is 274 g/mol. The van der Waals surface area contributed by atoms with E-state index in [0.717, 1.165) is 12.8 Å². The zero-order chi connectivity index (χ0) is 15.7. The lowest BCUT2D eigenvalue weighted by atomic mass is 9.85. The number of aliphatic carboxylic acids is 2. The minimum Gasteiger partial charge on any atom is -0.481 e. The van der Waals surface area contributed by atoms with E-state index >= 15 is 0 Å². The Morgan fingerprint density at radius 2 is 1.37 bits per heavy atom. The molecule has 0 amide bonds. The molecule has 114 valence electrons. The Bertz CT molecular complexity index is 272. The Balaban J connectivity index is 0. The van der Waals surface area contributed by atoms with Crippen molar-refractivity contribution in [2.24, 2.45) is 10.8 Å². The van der Waals surface area contributed by atoms with Gasteiger partial charge in [-0.2, -0.15) is 0 Å². The summed E-state index contributed by atoms with van der Waals surface area (Å²) in [6, 6.07) is 0. The topological polar surface area (TPSA) is 74.6 Å². The second kappa shape index (κ2) is 8.94. The van der Waals surface area contributed by atoms with Crippen molar-refractivity contribution >= 4 is 11.9 Å². The predicted octanol–water partition coefficient (Wildman–Crippen LogP) is 4.18. The standard InChI is InChI=1S/C8H16O2.C7H14O2/c1-8(2,3)6-4-5-7(9)10;1-4-7(3,5-2)6(8)9/h4-6H2,1-3H3,(H,9,10);4-5H2,1-3H3,(H,8,9). The molecule has 0 atom stereocenters. The van der Waals surface area contributed by atoms with E-state index in [1.807, 2.05) is 13.8 Å². The Hall–Kier alpha value is -1.06. The molecule has 0 saturated heterocycles. The summed E-state index contributed by atoms with van der Waals surface area (Å²) in [4.78, 5) is 20.6. The first kappa shape index (κ1) is 20.3. The molecule has 19 heavy (non-hydrogen) atoms. The third kappa shape index (κ3) is 11.7. The van der Waals surface area contributed by atoms with E-state index in [1.165, 1.54) is 0 Å². The van der Waals surface area contributed by atoms with Crippen molar-refractivity contribution < 1.29 is 19.8 Å². The van der Waals surface area contributed by atoms with Crippen LogP contribution >= 0.6 is 0 Å². The molecule has 0 fully saturated rings. The van der Waals surface area contributed by atoms with Gasteiger partial charge in [-0.25, -0.2) is 0 Å². The summed E-state index contributed by atoms with van der Waals surface area (Å²) >= 11 is 0. The molecular weight excluding hydrogens is 244 g/mol. The Labute approximate surface area is 117 Å². The minimum atomic E-state index is -0.691. The van der Waals surface area contributed by atoms with E-state index in [9.17, 15) is 9.59 Å². The zero-order valence-electron chi connectivity index (χ0n) is 13.2. The number of carboxylic acid groups (broad SMARTS) is 2. The van der Waals surface area contributed by atoms with Crippen molar-refractivity contribution in [1.82, 2.24) is 0 Å². The van der Waals surface area contributed by atoms with E-state index in [1.54, 1.807) is 6.92 Å². The number of rotatable bonds is 6. The molecule has 0 aromatic rings. The molecule has 0 aromatic carbocycles. The van der Waals surface area contributed by atoms with Crippen LogP contribution in [0.4, 0.5) is 0 Å². The number of carboxylic acids is 2. The molecule has 0 saturated carbocycles. The SMILES string of the molecule is CC(C)(C)CCCC(=O)O.CCC(C)(CC)C(=O)O. The fraction of sp³-hybridized carbons (Fsp3) is 0.867. The monoisotopic (exact) mass is 274 g/mol. The summed E-state index contributed by atoms with van der Waals surface area (Å²) in [5.74, 6) is -1.38. The first-order valence-corrected chi connectivity index (χ1v) is 6.93. The lowest BCUT2D eigenvalue weighted by Gasteiger charge is -2.19. The van der Waals surface area contributed by atoms with Crippen LogP contribution in [0.2, 0.25) is 0 Å². The molecule has 0 aliphatic rings. The van der Waals surface area contributed by atoms with Crippen LogP contribution in [0.5, 0.6) is 0 Å². The highest BCUT2D eigenvalue weighted by Gasteiger charge is 2.28. The van der Waals surface area contributed by atoms with Gasteiger partial charge >= 0.3 is 11.9 Å². The summed E-state index contributed by atoms with van der Waals surface area (Å²) in [5.41, 5.74) is -0.227. The lowest BCUT2D eigenvalue weighted by molar-refractivity contribution is -0.148. The van der Waals surface area contributed by atoms with Gasteiger partial charge in [-0.3, -0.25) is 9.59 Å². The molecule has 0 rings (SSSR count). The van der Waals surface area contributed by atoms with Crippen LogP contribution in [0.3, 0.4) is 0 Å². The average Bonchev–Trinajstić information content (AvgIpc) is 2.26. The smallest absolute Gasteiger partial charge is 0.309 e. The molecule has 4 heteroatoms. The van der Waals surface area contributed by atoms with Crippen molar-refractivity contribution in [3.63, 3.8) is 0 Å².